The van der Waals surface area contributed by atoms with Gasteiger partial charge < -0.3 is 14.6 Å². The Balaban J connectivity index is 3.33. The zero-order valence-corrected chi connectivity index (χ0v) is 35.9. The van der Waals surface area contributed by atoms with Crippen LogP contribution in [0.25, 0.3) is 0 Å². The van der Waals surface area contributed by atoms with Crippen LogP contribution in [0.15, 0.2) is 0 Å². The molecular weight excluding hydrogens is 641 g/mol. The van der Waals surface area contributed by atoms with Crippen LogP contribution in [-0.4, -0.2) is 37.0 Å². The lowest BCUT2D eigenvalue weighted by Gasteiger charge is -2.16. The van der Waals surface area contributed by atoms with Gasteiger partial charge in [0, 0.05) is 13.0 Å². The Morgan fingerprint density at radius 2 is 0.635 bits per heavy atom. The molecule has 0 amide bonds. The van der Waals surface area contributed by atoms with E-state index >= 15 is 0 Å². The molecule has 4 heteroatoms. The van der Waals surface area contributed by atoms with Gasteiger partial charge in [0.2, 0.25) is 0 Å². The average Bonchev–Trinajstić information content (AvgIpc) is 3.15. The van der Waals surface area contributed by atoms with Gasteiger partial charge in [-0.05, 0) is 12.8 Å². The van der Waals surface area contributed by atoms with Crippen molar-refractivity contribution in [1.29, 1.82) is 0 Å². The summed E-state index contributed by atoms with van der Waals surface area (Å²) in [5.74, 6) is -0.191. The Kier molecular flexibility index (Phi) is 46.0. The van der Waals surface area contributed by atoms with Crippen molar-refractivity contribution in [3.63, 3.8) is 0 Å². The highest BCUT2D eigenvalue weighted by Crippen LogP contribution is 2.17. The van der Waals surface area contributed by atoms with Crippen LogP contribution in [0.4, 0.5) is 0 Å². The highest BCUT2D eigenvalue weighted by atomic mass is 16.6. The fourth-order valence-electron chi connectivity index (χ4n) is 7.57. The predicted octanol–water partition coefficient (Wildman–Crippen LogP) is 15.9. The molecule has 4 nitrogen and oxygen atoms in total. The first-order chi connectivity index (χ1) is 25.7. The monoisotopic (exact) mass is 737 g/mol. The number of hydrogen-bond donors (Lipinski definition) is 1. The van der Waals surface area contributed by atoms with Crippen LogP contribution in [0, 0.1) is 0 Å². The molecule has 0 aromatic rings. The summed E-state index contributed by atoms with van der Waals surface area (Å²) in [7, 11) is 0. The van der Waals surface area contributed by atoms with Gasteiger partial charge in [-0.1, -0.05) is 258 Å². The van der Waals surface area contributed by atoms with Crippen LogP contribution < -0.4 is 0 Å². The summed E-state index contributed by atoms with van der Waals surface area (Å²) in [6.07, 6.45) is 54.7. The maximum absolute atomic E-state index is 12.2. The van der Waals surface area contributed by atoms with Crippen LogP contribution in [0.3, 0.4) is 0 Å². The van der Waals surface area contributed by atoms with Crippen molar-refractivity contribution in [3.8, 4) is 0 Å². The van der Waals surface area contributed by atoms with Crippen molar-refractivity contribution in [2.75, 3.05) is 19.8 Å². The largest absolute Gasteiger partial charge is 0.457 e. The Labute approximate surface area is 327 Å². The van der Waals surface area contributed by atoms with Crippen molar-refractivity contribution >= 4 is 5.97 Å². The van der Waals surface area contributed by atoms with Gasteiger partial charge in [0.05, 0.1) is 13.2 Å². The van der Waals surface area contributed by atoms with E-state index in [9.17, 15) is 9.90 Å². The van der Waals surface area contributed by atoms with E-state index in [0.29, 0.717) is 19.6 Å². The minimum atomic E-state index is -0.525. The Bertz CT molecular complexity index is 652. The third-order valence-electron chi connectivity index (χ3n) is 11.2. The average molecular weight is 737 g/mol. The molecule has 0 spiro atoms. The summed E-state index contributed by atoms with van der Waals surface area (Å²) in [5, 5.41) is 9.63. The molecule has 0 aliphatic carbocycles. The summed E-state index contributed by atoms with van der Waals surface area (Å²) < 4.78 is 11.2. The highest BCUT2D eigenvalue weighted by Gasteiger charge is 2.13. The smallest absolute Gasteiger partial charge is 0.306 e. The summed E-state index contributed by atoms with van der Waals surface area (Å²) in [6, 6.07) is 0. The molecule has 1 unspecified atom stereocenters. The standard InChI is InChI=1S/C48H96O4/c1-3-5-7-9-11-13-15-17-19-21-23-24-25-26-27-29-31-33-35-37-39-41-43-48(50)52-47(45-49)46-51-44-42-40-38-36-34-32-30-28-22-20-18-16-14-12-10-8-6-4-2/h47,49H,3-46H2,1-2H3. The molecule has 0 aliphatic rings. The molecule has 0 aromatic carbocycles. The van der Waals surface area contributed by atoms with Gasteiger partial charge in [-0.2, -0.15) is 0 Å². The molecule has 52 heavy (non-hydrogen) atoms. The molecule has 0 radical (unpaired) electrons. The van der Waals surface area contributed by atoms with E-state index in [1.165, 1.54) is 238 Å². The molecule has 0 aromatic heterocycles. The van der Waals surface area contributed by atoms with Gasteiger partial charge in [-0.15, -0.1) is 0 Å². The van der Waals surface area contributed by atoms with E-state index in [1.807, 2.05) is 0 Å². The second kappa shape index (κ2) is 46.5. The fourth-order valence-corrected chi connectivity index (χ4v) is 7.57. The SMILES string of the molecule is CCCCCCCCCCCCCCCCCCCCCCCCC(=O)OC(CO)COCCCCCCCCCCCCCCCCCCCC. The molecule has 1 N–H and O–H groups in total. The summed E-state index contributed by atoms with van der Waals surface area (Å²) in [5.41, 5.74) is 0. The maximum atomic E-state index is 12.2. The molecule has 0 aliphatic heterocycles. The third kappa shape index (κ3) is 43.8. The topological polar surface area (TPSA) is 55.8 Å². The summed E-state index contributed by atoms with van der Waals surface area (Å²) in [4.78, 5) is 12.2. The second-order valence-corrected chi connectivity index (χ2v) is 16.6. The number of esters is 1. The highest BCUT2D eigenvalue weighted by molar-refractivity contribution is 5.69. The lowest BCUT2D eigenvalue weighted by atomic mass is 10.0. The lowest BCUT2D eigenvalue weighted by Crippen LogP contribution is -2.27. The predicted molar refractivity (Wildman–Crippen MR) is 228 cm³/mol. The number of aliphatic hydroxyl groups excluding tert-OH is 1. The van der Waals surface area contributed by atoms with Crippen LogP contribution in [0.5, 0.6) is 0 Å². The summed E-state index contributed by atoms with van der Waals surface area (Å²) in [6.45, 7) is 5.42. The Morgan fingerprint density at radius 1 is 0.385 bits per heavy atom. The van der Waals surface area contributed by atoms with Crippen molar-refractivity contribution in [2.45, 2.75) is 283 Å². The molecule has 1 atom stereocenters. The minimum Gasteiger partial charge on any atom is -0.457 e. The second-order valence-electron chi connectivity index (χ2n) is 16.6. The molecule has 0 saturated heterocycles. The van der Waals surface area contributed by atoms with E-state index in [1.54, 1.807) is 0 Å². The number of unbranched alkanes of at least 4 members (excludes halogenated alkanes) is 38. The number of rotatable bonds is 46. The molecule has 312 valence electrons. The minimum absolute atomic E-state index is 0.162. The van der Waals surface area contributed by atoms with Crippen LogP contribution in [0.2, 0.25) is 0 Å². The first kappa shape index (κ1) is 51.4. The maximum Gasteiger partial charge on any atom is 0.306 e. The van der Waals surface area contributed by atoms with Crippen LogP contribution >= 0.6 is 0 Å². The first-order valence-corrected chi connectivity index (χ1v) is 24.1. The van der Waals surface area contributed by atoms with Gasteiger partial charge in [-0.25, -0.2) is 0 Å². The Hall–Kier alpha value is -0.610. The number of carbonyl (C=O) groups excluding carboxylic acids is 1. The van der Waals surface area contributed by atoms with E-state index in [0.717, 1.165) is 19.3 Å². The van der Waals surface area contributed by atoms with Crippen LogP contribution in [0.1, 0.15) is 277 Å². The number of carbonyl (C=O) groups is 1. The van der Waals surface area contributed by atoms with Gasteiger partial charge in [-0.3, -0.25) is 4.79 Å². The quantitative estimate of drug-likeness (QED) is 0.0499. The molecule has 0 bridgehead atoms. The first-order valence-electron chi connectivity index (χ1n) is 24.1. The van der Waals surface area contributed by atoms with Crippen molar-refractivity contribution in [2.24, 2.45) is 0 Å². The third-order valence-corrected chi connectivity index (χ3v) is 11.2. The van der Waals surface area contributed by atoms with Gasteiger partial charge in [0.15, 0.2) is 0 Å². The molecule has 0 fully saturated rings. The normalized spacial score (nSPS) is 12.1. The number of hydrogen-bond acceptors (Lipinski definition) is 4. The van der Waals surface area contributed by atoms with Crippen molar-refractivity contribution in [1.82, 2.24) is 0 Å². The molecular formula is C48H96O4. The van der Waals surface area contributed by atoms with E-state index < -0.39 is 6.10 Å². The van der Waals surface area contributed by atoms with E-state index in [4.69, 9.17) is 9.47 Å². The van der Waals surface area contributed by atoms with Crippen molar-refractivity contribution < 1.29 is 19.4 Å². The number of ether oxygens (including phenoxy) is 2. The zero-order chi connectivity index (χ0) is 37.7. The molecule has 0 heterocycles. The fraction of sp³-hybridized carbons (Fsp3) is 0.979. The molecule has 0 saturated carbocycles. The van der Waals surface area contributed by atoms with Crippen LogP contribution in [-0.2, 0) is 14.3 Å². The number of aliphatic hydroxyl groups is 1. The van der Waals surface area contributed by atoms with Gasteiger partial charge in [0.25, 0.3) is 0 Å². The van der Waals surface area contributed by atoms with Gasteiger partial charge >= 0.3 is 5.97 Å². The Morgan fingerprint density at radius 3 is 0.904 bits per heavy atom. The van der Waals surface area contributed by atoms with E-state index in [-0.39, 0.29) is 12.6 Å². The van der Waals surface area contributed by atoms with Gasteiger partial charge in [0.1, 0.15) is 6.10 Å². The van der Waals surface area contributed by atoms with E-state index in [2.05, 4.69) is 13.8 Å². The van der Waals surface area contributed by atoms with Crippen molar-refractivity contribution in [3.05, 3.63) is 0 Å². The zero-order valence-electron chi connectivity index (χ0n) is 35.9. The summed E-state index contributed by atoms with van der Waals surface area (Å²) >= 11 is 0. The lowest BCUT2D eigenvalue weighted by molar-refractivity contribution is -0.154. The molecule has 0 rings (SSSR count).